The average molecular weight is 1840 g/mol. The highest BCUT2D eigenvalue weighted by Gasteiger charge is 2.43. The number of anilines is 4. The van der Waals surface area contributed by atoms with E-state index < -0.39 is 80.7 Å². The molecule has 7 aromatic carbocycles. The van der Waals surface area contributed by atoms with E-state index in [2.05, 4.69) is 67.0 Å². The zero-order valence-electron chi connectivity index (χ0n) is 75.0. The Balaban J connectivity index is 0.000000151. The summed E-state index contributed by atoms with van der Waals surface area (Å²) in [6, 6.07) is 31.0. The Morgan fingerprint density at radius 1 is 0.403 bits per heavy atom. The Bertz CT molecular complexity index is 6240. The summed E-state index contributed by atoms with van der Waals surface area (Å²) in [5, 5.41) is 15.2. The van der Waals surface area contributed by atoms with Crippen LogP contribution >= 0.6 is 50.7 Å². The largest absolute Gasteiger partial charge is 0.467 e. The number of aryl methyl sites for hydroxylation is 4. The molecule has 29 heteroatoms. The van der Waals surface area contributed by atoms with Gasteiger partial charge in [0.2, 0.25) is 21.8 Å². The molecule has 0 saturated heterocycles. The minimum atomic E-state index is -3.57. The minimum Gasteiger partial charge on any atom is -0.467 e. The molecule has 11 aromatic rings. The lowest BCUT2D eigenvalue weighted by molar-refractivity contribution is -0.164. The zero-order valence-corrected chi connectivity index (χ0v) is 79.6. The van der Waals surface area contributed by atoms with Crippen LogP contribution in [0.25, 0.3) is 77.0 Å². The predicted molar refractivity (Wildman–Crippen MR) is 495 cm³/mol. The van der Waals surface area contributed by atoms with Gasteiger partial charge in [0.15, 0.2) is 24.4 Å². The molecular weight excluding hydrogens is 1730 g/mol. The van der Waals surface area contributed by atoms with E-state index in [0.29, 0.717) is 67.5 Å². The Kier molecular flexibility index (Phi) is 26.8. The number of carbonyl (C=O) groups excluding carboxylic acids is 6. The van der Waals surface area contributed by atoms with E-state index in [4.69, 9.17) is 72.7 Å². The molecule has 0 bridgehead atoms. The number of rotatable bonds is 16. The summed E-state index contributed by atoms with van der Waals surface area (Å²) in [5.74, 6) is -2.12. The first-order chi connectivity index (χ1) is 57.9. The van der Waals surface area contributed by atoms with Gasteiger partial charge < -0.3 is 72.1 Å². The number of hydrogen-bond donors (Lipinski definition) is 3. The smallest absolute Gasteiger partial charge is 0.339 e. The van der Waals surface area contributed by atoms with Gasteiger partial charge in [-0.05, 0) is 271 Å². The monoisotopic (exact) mass is 1830 g/mol. The number of ether oxygens (including phenoxy) is 8. The van der Waals surface area contributed by atoms with E-state index in [0.717, 1.165) is 140 Å². The summed E-state index contributed by atoms with van der Waals surface area (Å²) < 4.78 is 81.9. The van der Waals surface area contributed by atoms with Crippen LogP contribution in [0.2, 0.25) is 15.1 Å². The molecule has 0 aliphatic carbocycles. The Labute approximate surface area is 747 Å². The molecule has 8 heterocycles. The van der Waals surface area contributed by atoms with E-state index in [1.54, 1.807) is 12.1 Å². The maximum Gasteiger partial charge on any atom is 0.339 e. The fraction of sp³-hybridized carbons (Fsp3) is 0.411. The number of hydrogen-bond acceptors (Lipinski definition) is 17. The van der Waals surface area contributed by atoms with Crippen LogP contribution in [0, 0.1) is 55.4 Å². The number of benzene rings is 7. The standard InChI is InChI=1S/C26H31ClN2O5S.C25H27ClN2O4.C25H29ClN2O3.C19H23BrN2O4/c1-15-14-19-21(17-8-10-18(27)11-9-17)20(24(25(30)33-6)34-26(3,4)5)16(2)22-23(19)28(15)12-13-29(22)35(7,31)32;1-13-11-17-20(15-7-9-16(26)10-8-15)19(23(24(30)31-6)32-25(3,4)5)14(2)21-22(17)28(13)12-18(29)27-21;1-14-13-18-20(16-7-9-17(26)10-8-16)19(23(24(29)30-6)31-25(3,4)5)15(2)21-22(18)28(14)12-11-27-21;1-9-7-11-14(20)13(17(18(24)25-6)26-19(3,4)5)10(2)15-16(11)22(9)8-12(23)21-15/h8-11,14,24H,12-13H2,1-7H3;7-11,23H,12H2,1-6H3,(H,27,29);7-10,13,23,27H,11-12H2,1-6H3;7,17H,8H2,1-6H3,(H,21,23)/t24-;2*23-;17-/m0000/s1. The van der Waals surface area contributed by atoms with Gasteiger partial charge >= 0.3 is 23.9 Å². The van der Waals surface area contributed by atoms with Gasteiger partial charge in [-0.1, -0.05) is 71.2 Å². The summed E-state index contributed by atoms with van der Waals surface area (Å²) in [6.07, 6.45) is -2.60. The third-order valence-electron chi connectivity index (χ3n) is 22.3. The molecule has 4 aromatic heterocycles. The second-order valence-electron chi connectivity index (χ2n) is 35.6. The van der Waals surface area contributed by atoms with Gasteiger partial charge in [-0.15, -0.1) is 0 Å². The molecule has 0 unspecified atom stereocenters. The highest BCUT2D eigenvalue weighted by Crippen LogP contribution is 2.53. The molecule has 2 amide bonds. The number of methoxy groups -OCH3 is 4. The van der Waals surface area contributed by atoms with Crippen LogP contribution < -0.4 is 20.3 Å². The van der Waals surface area contributed by atoms with Gasteiger partial charge in [0.05, 0.1) is 108 Å². The quantitative estimate of drug-likeness (QED) is 0.0599. The number of carbonyl (C=O) groups is 6. The number of amides is 2. The van der Waals surface area contributed by atoms with Crippen LogP contribution in [-0.4, -0.2) is 133 Å². The van der Waals surface area contributed by atoms with E-state index in [-0.39, 0.29) is 24.9 Å². The van der Waals surface area contributed by atoms with Crippen LogP contribution in [0.3, 0.4) is 0 Å². The number of sulfonamides is 1. The first-order valence-corrected chi connectivity index (χ1v) is 44.6. The van der Waals surface area contributed by atoms with Crippen molar-refractivity contribution in [1.29, 1.82) is 0 Å². The average Bonchev–Trinajstić information content (AvgIpc) is 1.68. The highest BCUT2D eigenvalue weighted by atomic mass is 79.9. The van der Waals surface area contributed by atoms with Gasteiger partial charge in [-0.25, -0.2) is 27.6 Å². The van der Waals surface area contributed by atoms with Crippen LogP contribution in [-0.2, 0) is 103 Å². The topological polar surface area (TPSA) is 269 Å². The van der Waals surface area contributed by atoms with E-state index in [9.17, 15) is 37.2 Å². The Hall–Kier alpha value is -9.74. The van der Waals surface area contributed by atoms with Gasteiger partial charge in [-0.2, -0.15) is 0 Å². The third kappa shape index (κ3) is 18.6. The Morgan fingerprint density at radius 3 is 1.04 bits per heavy atom. The molecule has 4 aliphatic heterocycles. The molecule has 0 saturated carbocycles. The maximum absolute atomic E-state index is 13.2. The SMILES string of the molecule is COC(=O)[C@@H](OC(C)(C)C)c1c(C)c2c3c(cc(C)n3CC(=O)N2)c1-c1ccc(Cl)cc1.COC(=O)[C@@H](OC(C)(C)C)c1c(C)c2c3c(cc(C)n3CC(=O)N2)c1Br.COC(=O)[C@@H](OC(C)(C)C)c1c(C)c2c3c(cc(C)n3CCN2)c1-c1ccc(Cl)cc1.COC(=O)[C@@H](OC(C)(C)C)c1c(C)c2c3c(cc(C)n3CCN2S(C)(=O)=O)c1-c1ccc(Cl)cc1. The van der Waals surface area contributed by atoms with Gasteiger partial charge in [0.1, 0.15) is 13.1 Å². The van der Waals surface area contributed by atoms with Crippen molar-refractivity contribution in [3.8, 4) is 33.4 Å². The first-order valence-electron chi connectivity index (χ1n) is 40.9. The fourth-order valence-electron chi connectivity index (χ4n) is 17.3. The van der Waals surface area contributed by atoms with Crippen molar-refractivity contribution in [2.24, 2.45) is 0 Å². The molecule has 4 atom stereocenters. The van der Waals surface area contributed by atoms with Gasteiger partial charge in [-0.3, -0.25) is 13.9 Å². The third-order valence-corrected chi connectivity index (χ3v) is 25.1. The zero-order chi connectivity index (χ0) is 91.1. The van der Waals surface area contributed by atoms with E-state index in [1.807, 2.05) is 207 Å². The summed E-state index contributed by atoms with van der Waals surface area (Å²) in [5.41, 5.74) is 20.1. The van der Waals surface area contributed by atoms with Crippen molar-refractivity contribution in [3.05, 3.63) is 184 Å². The minimum absolute atomic E-state index is 0.0826. The molecule has 15 rings (SSSR count). The lowest BCUT2D eigenvalue weighted by Gasteiger charge is -2.35. The second-order valence-corrected chi connectivity index (χ2v) is 39.7. The van der Waals surface area contributed by atoms with Crippen molar-refractivity contribution in [2.45, 2.75) is 211 Å². The highest BCUT2D eigenvalue weighted by molar-refractivity contribution is 9.10. The first kappa shape index (κ1) is 93.4. The summed E-state index contributed by atoms with van der Waals surface area (Å²) in [6.45, 7) is 41.7. The predicted octanol–water partition coefficient (Wildman–Crippen LogP) is 21.0. The van der Waals surface area contributed by atoms with E-state index in [1.165, 1.54) is 44.7 Å². The molecule has 3 N–H and O–H groups in total. The molecular formula is C95H110BrCl3N8O16S. The van der Waals surface area contributed by atoms with Crippen molar-refractivity contribution in [2.75, 3.05) is 68.0 Å². The Morgan fingerprint density at radius 2 is 0.694 bits per heavy atom. The summed E-state index contributed by atoms with van der Waals surface area (Å²) >= 11 is 22.2. The van der Waals surface area contributed by atoms with Crippen molar-refractivity contribution >= 4 is 163 Å². The lowest BCUT2D eigenvalue weighted by atomic mass is 9.87. The van der Waals surface area contributed by atoms with Crippen molar-refractivity contribution in [1.82, 2.24) is 18.3 Å². The van der Waals surface area contributed by atoms with Gasteiger partial charge in [0.25, 0.3) is 0 Å². The maximum atomic E-state index is 13.2. The number of nitrogens with zero attached hydrogens (tertiary/aromatic N) is 5. The molecule has 0 spiro atoms. The van der Waals surface area contributed by atoms with Crippen LogP contribution in [0.15, 0.2) is 102 Å². The van der Waals surface area contributed by atoms with Crippen LogP contribution in [0.1, 0.15) is 175 Å². The lowest BCUT2D eigenvalue weighted by Crippen LogP contribution is -2.37. The molecule has 24 nitrogen and oxygen atoms in total. The number of nitrogens with one attached hydrogen (secondary N) is 3. The van der Waals surface area contributed by atoms with Crippen molar-refractivity contribution in [3.63, 3.8) is 0 Å². The second kappa shape index (κ2) is 35.6. The number of aromatic nitrogens is 4. The molecule has 0 fully saturated rings. The molecule has 0 radical (unpaired) electrons. The van der Waals surface area contributed by atoms with Crippen LogP contribution in [0.4, 0.5) is 22.7 Å². The fourth-order valence-corrected chi connectivity index (χ4v) is 19.4. The van der Waals surface area contributed by atoms with E-state index >= 15 is 0 Å². The van der Waals surface area contributed by atoms with Crippen LogP contribution in [0.5, 0.6) is 0 Å². The normalized spacial score (nSPS) is 14.7. The summed E-state index contributed by atoms with van der Waals surface area (Å²) in [4.78, 5) is 76.4. The number of esters is 4. The summed E-state index contributed by atoms with van der Waals surface area (Å²) in [7, 11) is 1.85. The number of halogens is 4. The van der Waals surface area contributed by atoms with Crippen molar-refractivity contribution < 1.29 is 75.1 Å². The molecule has 4 aliphatic rings. The molecule has 124 heavy (non-hydrogen) atoms. The molecule has 660 valence electrons. The van der Waals surface area contributed by atoms with Gasteiger partial charge in [0, 0.05) is 106 Å².